The zero-order valence-corrected chi connectivity index (χ0v) is 15.0. The maximum atomic E-state index is 12.8. The number of aliphatic hydroxyl groups is 2. The standard InChI is InChI=1S/C19H28N2O4/c1-13-11-14(3-4-18(13)25-2)19(24)21-10-7-16(17(23)12-21)20-8-5-15(22)6-9-20/h3-4,11,15-17,22-23H,5-10,12H2,1-2H3/t16-,17-/m0/s1. The first-order valence-corrected chi connectivity index (χ1v) is 9.03. The molecular formula is C19H28N2O4. The molecule has 0 radical (unpaired) electrons. The SMILES string of the molecule is COc1ccc(C(=O)N2CC[C@H](N3CCC(O)CC3)[C@@H](O)C2)cc1C. The predicted molar refractivity (Wildman–Crippen MR) is 94.9 cm³/mol. The summed E-state index contributed by atoms with van der Waals surface area (Å²) in [6.07, 6.45) is 1.52. The highest BCUT2D eigenvalue weighted by molar-refractivity contribution is 5.94. The van der Waals surface area contributed by atoms with Gasteiger partial charge in [0.25, 0.3) is 5.91 Å². The Labute approximate surface area is 149 Å². The van der Waals surface area contributed by atoms with Gasteiger partial charge in [-0.2, -0.15) is 0 Å². The number of carbonyl (C=O) groups excluding carboxylic acids is 1. The van der Waals surface area contributed by atoms with Crippen LogP contribution in [-0.4, -0.2) is 77.5 Å². The fraction of sp³-hybridized carbons (Fsp3) is 0.632. The molecule has 2 atom stereocenters. The minimum atomic E-state index is -0.549. The molecule has 25 heavy (non-hydrogen) atoms. The number of amides is 1. The highest BCUT2D eigenvalue weighted by Crippen LogP contribution is 2.24. The summed E-state index contributed by atoms with van der Waals surface area (Å²) in [6, 6.07) is 5.50. The second kappa shape index (κ2) is 7.72. The third kappa shape index (κ3) is 3.97. The summed E-state index contributed by atoms with van der Waals surface area (Å²) < 4.78 is 5.24. The van der Waals surface area contributed by atoms with Crippen LogP contribution in [0.15, 0.2) is 18.2 Å². The number of aryl methyl sites for hydroxylation is 1. The zero-order chi connectivity index (χ0) is 18.0. The molecule has 1 aromatic rings. The van der Waals surface area contributed by atoms with Crippen LogP contribution in [0.25, 0.3) is 0 Å². The highest BCUT2D eigenvalue weighted by Gasteiger charge is 2.35. The Morgan fingerprint density at radius 1 is 1.16 bits per heavy atom. The second-order valence-electron chi connectivity index (χ2n) is 7.13. The molecule has 0 bridgehead atoms. The van der Waals surface area contributed by atoms with Crippen LogP contribution in [0.3, 0.4) is 0 Å². The Morgan fingerprint density at radius 3 is 2.48 bits per heavy atom. The smallest absolute Gasteiger partial charge is 0.253 e. The third-order valence-electron chi connectivity index (χ3n) is 5.44. The van der Waals surface area contributed by atoms with Crippen molar-refractivity contribution in [2.24, 2.45) is 0 Å². The minimum Gasteiger partial charge on any atom is -0.496 e. The molecule has 1 amide bonds. The first-order valence-electron chi connectivity index (χ1n) is 9.03. The van der Waals surface area contributed by atoms with E-state index in [9.17, 15) is 15.0 Å². The maximum Gasteiger partial charge on any atom is 0.253 e. The molecule has 0 aromatic heterocycles. The lowest BCUT2D eigenvalue weighted by atomic mass is 9.96. The van der Waals surface area contributed by atoms with Gasteiger partial charge in [0, 0.05) is 37.8 Å². The van der Waals surface area contributed by atoms with Crippen LogP contribution >= 0.6 is 0 Å². The number of aliphatic hydroxyl groups excluding tert-OH is 2. The number of piperidine rings is 2. The molecule has 3 rings (SSSR count). The Bertz CT molecular complexity index is 613. The van der Waals surface area contributed by atoms with Gasteiger partial charge in [0.05, 0.1) is 19.3 Å². The maximum absolute atomic E-state index is 12.8. The normalized spacial score (nSPS) is 25.8. The van der Waals surface area contributed by atoms with E-state index in [2.05, 4.69) is 4.90 Å². The lowest BCUT2D eigenvalue weighted by molar-refractivity contribution is -0.0291. The monoisotopic (exact) mass is 348 g/mol. The largest absolute Gasteiger partial charge is 0.496 e. The van der Waals surface area contributed by atoms with Crippen molar-refractivity contribution >= 4 is 5.91 Å². The molecule has 0 spiro atoms. The van der Waals surface area contributed by atoms with Crippen LogP contribution in [0.5, 0.6) is 5.75 Å². The highest BCUT2D eigenvalue weighted by atomic mass is 16.5. The molecular weight excluding hydrogens is 320 g/mol. The quantitative estimate of drug-likeness (QED) is 0.854. The summed E-state index contributed by atoms with van der Waals surface area (Å²) in [7, 11) is 1.62. The van der Waals surface area contributed by atoms with E-state index in [1.165, 1.54) is 0 Å². The number of likely N-dealkylation sites (tertiary alicyclic amines) is 2. The molecule has 2 saturated heterocycles. The molecule has 2 aliphatic heterocycles. The first kappa shape index (κ1) is 18.2. The molecule has 6 nitrogen and oxygen atoms in total. The van der Waals surface area contributed by atoms with Gasteiger partial charge in [0.1, 0.15) is 5.75 Å². The molecule has 138 valence electrons. The van der Waals surface area contributed by atoms with E-state index in [0.29, 0.717) is 18.7 Å². The van der Waals surface area contributed by atoms with Crippen molar-refractivity contribution in [3.8, 4) is 5.75 Å². The number of benzene rings is 1. The van der Waals surface area contributed by atoms with Gasteiger partial charge in [-0.3, -0.25) is 9.69 Å². The van der Waals surface area contributed by atoms with Crippen molar-refractivity contribution in [1.82, 2.24) is 9.80 Å². The zero-order valence-electron chi connectivity index (χ0n) is 15.0. The summed E-state index contributed by atoms with van der Waals surface area (Å²) >= 11 is 0. The molecule has 2 aliphatic rings. The number of hydrogen-bond acceptors (Lipinski definition) is 5. The number of rotatable bonds is 3. The number of methoxy groups -OCH3 is 1. The number of carbonyl (C=O) groups is 1. The lowest BCUT2D eigenvalue weighted by Gasteiger charge is -2.43. The van der Waals surface area contributed by atoms with Crippen molar-refractivity contribution in [3.63, 3.8) is 0 Å². The van der Waals surface area contributed by atoms with Gasteiger partial charge in [-0.15, -0.1) is 0 Å². The van der Waals surface area contributed by atoms with Crippen LogP contribution in [0.1, 0.15) is 35.2 Å². The van der Waals surface area contributed by atoms with E-state index in [4.69, 9.17) is 4.74 Å². The third-order valence-corrected chi connectivity index (χ3v) is 5.44. The van der Waals surface area contributed by atoms with E-state index < -0.39 is 6.10 Å². The average Bonchev–Trinajstić information content (AvgIpc) is 2.62. The molecule has 6 heteroatoms. The van der Waals surface area contributed by atoms with Crippen LogP contribution in [0, 0.1) is 6.92 Å². The average molecular weight is 348 g/mol. The summed E-state index contributed by atoms with van der Waals surface area (Å²) in [5.41, 5.74) is 1.56. The van der Waals surface area contributed by atoms with E-state index in [1.54, 1.807) is 18.1 Å². The summed E-state index contributed by atoms with van der Waals surface area (Å²) in [5, 5.41) is 20.2. The number of hydrogen-bond donors (Lipinski definition) is 2. The molecule has 0 aliphatic carbocycles. The van der Waals surface area contributed by atoms with Crippen LogP contribution in [0.2, 0.25) is 0 Å². The predicted octanol–water partition coefficient (Wildman–Crippen LogP) is 1.04. The Balaban J connectivity index is 1.62. The topological polar surface area (TPSA) is 73.2 Å². The van der Waals surface area contributed by atoms with E-state index in [0.717, 1.165) is 43.7 Å². The minimum absolute atomic E-state index is 0.0441. The van der Waals surface area contributed by atoms with Crippen LogP contribution < -0.4 is 4.74 Å². The van der Waals surface area contributed by atoms with Gasteiger partial charge in [-0.25, -0.2) is 0 Å². The van der Waals surface area contributed by atoms with E-state index in [1.807, 2.05) is 19.1 Å². The fourth-order valence-electron chi connectivity index (χ4n) is 3.94. The van der Waals surface area contributed by atoms with Gasteiger partial charge in [-0.05, 0) is 49.9 Å². The number of nitrogens with zero attached hydrogens (tertiary/aromatic N) is 2. The van der Waals surface area contributed by atoms with Gasteiger partial charge in [0.2, 0.25) is 0 Å². The second-order valence-corrected chi connectivity index (χ2v) is 7.13. The molecule has 0 unspecified atom stereocenters. The Hall–Kier alpha value is -1.63. The number of β-amino-alcohol motifs (C(OH)–C–C–N with tert-alkyl or cyclic N) is 1. The Kier molecular flexibility index (Phi) is 5.61. The van der Waals surface area contributed by atoms with Gasteiger partial charge >= 0.3 is 0 Å². The molecule has 2 fully saturated rings. The molecule has 1 aromatic carbocycles. The van der Waals surface area contributed by atoms with Crippen molar-refractivity contribution in [1.29, 1.82) is 0 Å². The van der Waals surface area contributed by atoms with Gasteiger partial charge < -0.3 is 19.8 Å². The molecule has 2 N–H and O–H groups in total. The fourth-order valence-corrected chi connectivity index (χ4v) is 3.94. The summed E-state index contributed by atoms with van der Waals surface area (Å²) in [4.78, 5) is 16.7. The van der Waals surface area contributed by atoms with Crippen LogP contribution in [0.4, 0.5) is 0 Å². The molecule has 0 saturated carbocycles. The van der Waals surface area contributed by atoms with Crippen molar-refractivity contribution in [3.05, 3.63) is 29.3 Å². The Morgan fingerprint density at radius 2 is 1.88 bits per heavy atom. The summed E-state index contributed by atoms with van der Waals surface area (Å²) in [6.45, 7) is 4.54. The van der Waals surface area contributed by atoms with E-state index in [-0.39, 0.29) is 18.1 Å². The lowest BCUT2D eigenvalue weighted by Crippen LogP contribution is -2.57. The van der Waals surface area contributed by atoms with Crippen LogP contribution in [-0.2, 0) is 0 Å². The van der Waals surface area contributed by atoms with Crippen molar-refractivity contribution in [2.75, 3.05) is 33.3 Å². The van der Waals surface area contributed by atoms with Gasteiger partial charge in [-0.1, -0.05) is 0 Å². The van der Waals surface area contributed by atoms with Gasteiger partial charge in [0.15, 0.2) is 0 Å². The van der Waals surface area contributed by atoms with Crippen molar-refractivity contribution < 1.29 is 19.7 Å². The van der Waals surface area contributed by atoms with Crippen molar-refractivity contribution in [2.45, 2.75) is 44.4 Å². The molecule has 2 heterocycles. The number of ether oxygens (including phenoxy) is 1. The first-order chi connectivity index (χ1) is 12.0. The summed E-state index contributed by atoms with van der Waals surface area (Å²) in [5.74, 6) is 0.722. The van der Waals surface area contributed by atoms with E-state index >= 15 is 0 Å².